The van der Waals surface area contributed by atoms with Gasteiger partial charge < -0.3 is 25.0 Å². The fourth-order valence-electron chi connectivity index (χ4n) is 1.42. The van der Waals surface area contributed by atoms with E-state index in [0.717, 1.165) is 0 Å². The van der Waals surface area contributed by atoms with Gasteiger partial charge >= 0.3 is 5.97 Å². The van der Waals surface area contributed by atoms with E-state index in [1.807, 2.05) is 0 Å². The Labute approximate surface area is 98.7 Å². The molecule has 0 aromatic carbocycles. The van der Waals surface area contributed by atoms with Gasteiger partial charge in [-0.1, -0.05) is 0 Å². The third-order valence-electron chi connectivity index (χ3n) is 2.28. The Morgan fingerprint density at radius 1 is 1.47 bits per heavy atom. The average Bonchev–Trinajstić information content (AvgIpc) is 2.25. The third-order valence-corrected chi connectivity index (χ3v) is 2.28. The summed E-state index contributed by atoms with van der Waals surface area (Å²) in [4.78, 5) is 22.0. The molecule has 2 unspecified atom stereocenters. The van der Waals surface area contributed by atoms with Crippen molar-refractivity contribution in [2.24, 2.45) is 0 Å². The molecule has 0 aromatic rings. The van der Waals surface area contributed by atoms with Crippen LogP contribution in [-0.4, -0.2) is 60.2 Å². The second-order valence-corrected chi connectivity index (χ2v) is 4.22. The van der Waals surface area contributed by atoms with Gasteiger partial charge in [0.15, 0.2) is 6.10 Å². The summed E-state index contributed by atoms with van der Waals surface area (Å²) in [6.45, 7) is 2.19. The van der Waals surface area contributed by atoms with E-state index in [4.69, 9.17) is 14.6 Å². The molecule has 98 valence electrons. The smallest absolute Gasteiger partial charge is 0.306 e. The number of aliphatic carboxylic acids is 1. The minimum absolute atomic E-state index is 0.141. The Morgan fingerprint density at radius 2 is 2.18 bits per heavy atom. The van der Waals surface area contributed by atoms with Crippen molar-refractivity contribution in [1.82, 2.24) is 5.32 Å². The maximum Gasteiger partial charge on any atom is 0.306 e. The molecule has 3 N–H and O–H groups in total. The zero-order valence-corrected chi connectivity index (χ0v) is 9.64. The Morgan fingerprint density at radius 3 is 2.71 bits per heavy atom. The fourth-order valence-corrected chi connectivity index (χ4v) is 1.42. The number of carboxylic acid groups (broad SMARTS) is 1. The summed E-state index contributed by atoms with van der Waals surface area (Å²) in [5.74, 6) is -1.53. The van der Waals surface area contributed by atoms with Gasteiger partial charge in [0.05, 0.1) is 31.8 Å². The van der Waals surface area contributed by atoms with Crippen LogP contribution in [0.3, 0.4) is 0 Å². The lowest BCUT2D eigenvalue weighted by Gasteiger charge is -2.25. The summed E-state index contributed by atoms with van der Waals surface area (Å²) in [6, 6.07) is 0. The predicted molar refractivity (Wildman–Crippen MR) is 56.4 cm³/mol. The molecule has 1 heterocycles. The molecule has 7 nitrogen and oxygen atoms in total. The van der Waals surface area contributed by atoms with Crippen LogP contribution in [0.5, 0.6) is 0 Å². The van der Waals surface area contributed by atoms with Gasteiger partial charge in [-0.2, -0.15) is 0 Å². The number of amides is 1. The zero-order valence-electron chi connectivity index (χ0n) is 9.64. The lowest BCUT2D eigenvalue weighted by Crippen LogP contribution is -2.48. The number of aliphatic hydroxyl groups is 1. The predicted octanol–water partition coefficient (Wildman–Crippen LogP) is -1.26. The van der Waals surface area contributed by atoms with Crippen LogP contribution >= 0.6 is 0 Å². The van der Waals surface area contributed by atoms with Crippen LogP contribution in [0.15, 0.2) is 0 Å². The maximum atomic E-state index is 11.6. The van der Waals surface area contributed by atoms with Crippen molar-refractivity contribution < 1.29 is 29.3 Å². The number of rotatable bonds is 5. The van der Waals surface area contributed by atoms with Crippen LogP contribution in [0.4, 0.5) is 0 Å². The van der Waals surface area contributed by atoms with E-state index in [0.29, 0.717) is 13.2 Å². The highest BCUT2D eigenvalue weighted by molar-refractivity contribution is 5.81. The molecule has 0 radical (unpaired) electrons. The van der Waals surface area contributed by atoms with Crippen molar-refractivity contribution in [3.63, 3.8) is 0 Å². The van der Waals surface area contributed by atoms with E-state index in [1.54, 1.807) is 0 Å². The Hall–Kier alpha value is -1.18. The largest absolute Gasteiger partial charge is 0.481 e. The molecule has 0 aliphatic carbocycles. The monoisotopic (exact) mass is 247 g/mol. The van der Waals surface area contributed by atoms with Crippen LogP contribution < -0.4 is 5.32 Å². The van der Waals surface area contributed by atoms with Gasteiger partial charge in [0.2, 0.25) is 0 Å². The number of nitrogens with one attached hydrogen (secondary N) is 1. The van der Waals surface area contributed by atoms with E-state index in [-0.39, 0.29) is 13.2 Å². The summed E-state index contributed by atoms with van der Waals surface area (Å²) in [7, 11) is 0. The molecule has 7 heteroatoms. The molecule has 1 saturated heterocycles. The SMILES string of the molecule is CC(O)(CNC(=O)C1COCCO1)CC(=O)O. The van der Waals surface area contributed by atoms with E-state index in [2.05, 4.69) is 5.32 Å². The van der Waals surface area contributed by atoms with Gasteiger partial charge in [0, 0.05) is 6.54 Å². The summed E-state index contributed by atoms with van der Waals surface area (Å²) in [6.07, 6.45) is -1.13. The standard InChI is InChI=1S/C10H17NO6/c1-10(15,4-8(12)13)6-11-9(14)7-5-16-2-3-17-7/h7,15H,2-6H2,1H3,(H,11,14)(H,12,13). The minimum atomic E-state index is -1.48. The normalized spacial score (nSPS) is 23.8. The lowest BCUT2D eigenvalue weighted by atomic mass is 10.0. The number of hydrogen-bond acceptors (Lipinski definition) is 5. The number of carboxylic acids is 1. The molecule has 1 aliphatic rings. The molecule has 2 atom stereocenters. The average molecular weight is 247 g/mol. The highest BCUT2D eigenvalue weighted by Gasteiger charge is 2.28. The first-order chi connectivity index (χ1) is 7.91. The van der Waals surface area contributed by atoms with Crippen LogP contribution in [0, 0.1) is 0 Å². The Balaban J connectivity index is 2.33. The molecule has 1 amide bonds. The van der Waals surface area contributed by atoms with Gasteiger partial charge in [-0.3, -0.25) is 9.59 Å². The zero-order chi connectivity index (χ0) is 12.9. The van der Waals surface area contributed by atoms with Crippen molar-refractivity contribution >= 4 is 11.9 Å². The van der Waals surface area contributed by atoms with E-state index in [1.165, 1.54) is 6.92 Å². The number of ether oxygens (including phenoxy) is 2. The molecule has 17 heavy (non-hydrogen) atoms. The van der Waals surface area contributed by atoms with Crippen molar-refractivity contribution in [2.45, 2.75) is 25.0 Å². The van der Waals surface area contributed by atoms with Crippen molar-refractivity contribution in [3.05, 3.63) is 0 Å². The maximum absolute atomic E-state index is 11.6. The first kappa shape index (κ1) is 13.9. The number of carbonyl (C=O) groups is 2. The summed E-state index contributed by atoms with van der Waals surface area (Å²) in [5, 5.41) is 20.7. The Bertz CT molecular complexity index is 285. The number of hydrogen-bond donors (Lipinski definition) is 3. The van der Waals surface area contributed by atoms with E-state index >= 15 is 0 Å². The van der Waals surface area contributed by atoms with Crippen molar-refractivity contribution in [2.75, 3.05) is 26.4 Å². The second kappa shape index (κ2) is 5.95. The van der Waals surface area contributed by atoms with Gasteiger partial charge in [0.1, 0.15) is 0 Å². The van der Waals surface area contributed by atoms with Crippen LogP contribution in [0.25, 0.3) is 0 Å². The van der Waals surface area contributed by atoms with E-state index < -0.39 is 30.0 Å². The minimum Gasteiger partial charge on any atom is -0.481 e. The van der Waals surface area contributed by atoms with Gasteiger partial charge in [-0.25, -0.2) is 0 Å². The highest BCUT2D eigenvalue weighted by atomic mass is 16.6. The summed E-state index contributed by atoms with van der Waals surface area (Å²) in [5.41, 5.74) is -1.48. The molecule has 1 rings (SSSR count). The quantitative estimate of drug-likeness (QED) is 0.560. The van der Waals surface area contributed by atoms with E-state index in [9.17, 15) is 14.7 Å². The molecule has 0 saturated carbocycles. The Kier molecular flexibility index (Phi) is 4.86. The van der Waals surface area contributed by atoms with Crippen molar-refractivity contribution in [3.8, 4) is 0 Å². The second-order valence-electron chi connectivity index (χ2n) is 4.22. The summed E-state index contributed by atoms with van der Waals surface area (Å²) < 4.78 is 10.2. The van der Waals surface area contributed by atoms with Crippen molar-refractivity contribution in [1.29, 1.82) is 0 Å². The van der Waals surface area contributed by atoms with Gasteiger partial charge in [-0.05, 0) is 6.92 Å². The fraction of sp³-hybridized carbons (Fsp3) is 0.800. The van der Waals surface area contributed by atoms with Crippen LogP contribution in [-0.2, 0) is 19.1 Å². The topological polar surface area (TPSA) is 105 Å². The molecule has 0 spiro atoms. The third kappa shape index (κ3) is 5.12. The number of carbonyl (C=O) groups excluding carboxylic acids is 1. The first-order valence-corrected chi connectivity index (χ1v) is 5.32. The first-order valence-electron chi connectivity index (χ1n) is 5.32. The molecule has 0 aromatic heterocycles. The molecular formula is C10H17NO6. The molecule has 1 fully saturated rings. The van der Waals surface area contributed by atoms with Crippen LogP contribution in [0.2, 0.25) is 0 Å². The molecule has 1 aliphatic heterocycles. The van der Waals surface area contributed by atoms with Crippen LogP contribution in [0.1, 0.15) is 13.3 Å². The lowest BCUT2D eigenvalue weighted by molar-refractivity contribution is -0.150. The summed E-state index contributed by atoms with van der Waals surface area (Å²) >= 11 is 0. The molecule has 0 bridgehead atoms. The molecular weight excluding hydrogens is 230 g/mol. The highest BCUT2D eigenvalue weighted by Crippen LogP contribution is 2.08. The van der Waals surface area contributed by atoms with Gasteiger partial charge in [-0.15, -0.1) is 0 Å². The van der Waals surface area contributed by atoms with Gasteiger partial charge in [0.25, 0.3) is 5.91 Å².